The molecule has 27 heavy (non-hydrogen) atoms. The van der Waals surface area contributed by atoms with Gasteiger partial charge in [0.1, 0.15) is 17.5 Å². The molecule has 1 N–H and O–H groups in total. The Bertz CT molecular complexity index is 822. The van der Waals surface area contributed by atoms with Gasteiger partial charge >= 0.3 is 0 Å². The van der Waals surface area contributed by atoms with Crippen LogP contribution in [0, 0.1) is 5.82 Å². The van der Waals surface area contributed by atoms with Gasteiger partial charge in [0.2, 0.25) is 0 Å². The molecule has 6 nitrogen and oxygen atoms in total. The highest BCUT2D eigenvalue weighted by Gasteiger charge is 2.29. The number of halogens is 2. The Kier molecular flexibility index (Phi) is 6.39. The second kappa shape index (κ2) is 8.58. The third-order valence-electron chi connectivity index (χ3n) is 5.20. The Hall–Kier alpha value is -1.64. The summed E-state index contributed by atoms with van der Waals surface area (Å²) < 4.78 is 15.9. The lowest BCUT2D eigenvalue weighted by Crippen LogP contribution is -2.39. The number of likely N-dealkylation sites (tertiary alicyclic amines) is 1. The predicted molar refractivity (Wildman–Crippen MR) is 105 cm³/mol. The molecule has 146 valence electrons. The van der Waals surface area contributed by atoms with Crippen molar-refractivity contribution >= 4 is 30.1 Å². The molecule has 9 heteroatoms. The lowest BCUT2D eigenvalue weighted by Gasteiger charge is -2.32. The largest absolute Gasteiger partial charge is 0.339 e. The molecule has 1 fully saturated rings. The zero-order valence-electron chi connectivity index (χ0n) is 15.2. The molecule has 1 amide bonds. The van der Waals surface area contributed by atoms with Crippen LogP contribution in [0.2, 0.25) is 0 Å². The minimum atomic E-state index is -0.279. The number of carbonyl (C=O) groups excluding carboxylic acids is 1. The third-order valence-corrected chi connectivity index (χ3v) is 5.95. The fraction of sp³-hybridized carbons (Fsp3) is 0.500. The first-order chi connectivity index (χ1) is 12.7. The number of aromatic nitrogens is 3. The van der Waals surface area contributed by atoms with Crippen molar-refractivity contribution in [3.63, 3.8) is 0 Å². The van der Waals surface area contributed by atoms with Crippen molar-refractivity contribution in [2.24, 2.45) is 0 Å². The van der Waals surface area contributed by atoms with E-state index in [1.807, 2.05) is 11.2 Å². The van der Waals surface area contributed by atoms with Gasteiger partial charge in [0.25, 0.3) is 5.91 Å². The van der Waals surface area contributed by atoms with Crippen molar-refractivity contribution in [2.75, 3.05) is 25.9 Å². The molecule has 2 aliphatic rings. The summed E-state index contributed by atoms with van der Waals surface area (Å²) >= 11 is 1.32. The number of nitrogens with one attached hydrogen (secondary N) is 1. The summed E-state index contributed by atoms with van der Waals surface area (Å²) in [4.78, 5) is 15.1. The Morgan fingerprint density at radius 1 is 1.26 bits per heavy atom. The molecule has 0 bridgehead atoms. The van der Waals surface area contributed by atoms with Crippen LogP contribution in [0.4, 0.5) is 4.39 Å². The zero-order valence-corrected chi connectivity index (χ0v) is 16.8. The van der Waals surface area contributed by atoms with Gasteiger partial charge in [-0.05, 0) is 37.3 Å². The van der Waals surface area contributed by atoms with Gasteiger partial charge < -0.3 is 14.8 Å². The van der Waals surface area contributed by atoms with Gasteiger partial charge in [-0.2, -0.15) is 0 Å². The maximum absolute atomic E-state index is 13.7. The average Bonchev–Trinajstić information content (AvgIpc) is 3.12. The van der Waals surface area contributed by atoms with Gasteiger partial charge in [-0.15, -0.1) is 34.4 Å². The monoisotopic (exact) mass is 411 g/mol. The summed E-state index contributed by atoms with van der Waals surface area (Å²) in [7, 11) is 0. The smallest absolute Gasteiger partial charge is 0.253 e. The van der Waals surface area contributed by atoms with E-state index in [-0.39, 0.29) is 24.1 Å². The van der Waals surface area contributed by atoms with E-state index in [9.17, 15) is 9.18 Å². The van der Waals surface area contributed by atoms with E-state index >= 15 is 0 Å². The lowest BCUT2D eigenvalue weighted by molar-refractivity contribution is 0.0709. The van der Waals surface area contributed by atoms with Crippen LogP contribution in [0.15, 0.2) is 23.1 Å². The van der Waals surface area contributed by atoms with E-state index in [0.29, 0.717) is 29.5 Å². The van der Waals surface area contributed by atoms with Crippen LogP contribution in [0.25, 0.3) is 0 Å². The van der Waals surface area contributed by atoms with Crippen LogP contribution in [0.3, 0.4) is 0 Å². The van der Waals surface area contributed by atoms with E-state index in [2.05, 4.69) is 20.1 Å². The average molecular weight is 412 g/mol. The summed E-state index contributed by atoms with van der Waals surface area (Å²) in [5.74, 6) is 2.10. The molecule has 4 rings (SSSR count). The van der Waals surface area contributed by atoms with Crippen LogP contribution in [-0.2, 0) is 13.1 Å². The number of hydrogen-bond donors (Lipinski definition) is 1. The summed E-state index contributed by atoms with van der Waals surface area (Å²) in [5.41, 5.74) is 0.556. The van der Waals surface area contributed by atoms with Crippen molar-refractivity contribution in [2.45, 2.75) is 36.7 Å². The van der Waals surface area contributed by atoms with Crippen LogP contribution >= 0.6 is 24.2 Å². The highest BCUT2D eigenvalue weighted by atomic mass is 35.5. The SMILES string of the molecule is CSc1cc(C(=O)N2CCC(c3nnc4n3CCNC4)CC2)ccc1F.Cl. The van der Waals surface area contributed by atoms with Gasteiger partial charge in [-0.25, -0.2) is 4.39 Å². The van der Waals surface area contributed by atoms with Crippen LogP contribution in [0.1, 0.15) is 40.8 Å². The van der Waals surface area contributed by atoms with E-state index in [1.54, 1.807) is 12.1 Å². The number of benzene rings is 1. The first kappa shape index (κ1) is 20.1. The molecule has 3 heterocycles. The highest BCUT2D eigenvalue weighted by molar-refractivity contribution is 7.98. The highest BCUT2D eigenvalue weighted by Crippen LogP contribution is 2.29. The predicted octanol–water partition coefficient (Wildman–Crippen LogP) is 2.68. The molecule has 0 spiro atoms. The Morgan fingerprint density at radius 2 is 2.04 bits per heavy atom. The summed E-state index contributed by atoms with van der Waals surface area (Å²) in [6.45, 7) is 4.00. The second-order valence-electron chi connectivity index (χ2n) is 6.72. The van der Waals surface area contributed by atoms with Crippen molar-refractivity contribution < 1.29 is 9.18 Å². The minimum absolute atomic E-state index is 0. The van der Waals surface area contributed by atoms with Gasteiger partial charge in [0.15, 0.2) is 0 Å². The molecular formula is C18H23ClFN5OS. The molecule has 2 aliphatic heterocycles. The van der Waals surface area contributed by atoms with E-state index in [4.69, 9.17) is 0 Å². The topological polar surface area (TPSA) is 63.1 Å². The number of fused-ring (bicyclic) bond motifs is 1. The van der Waals surface area contributed by atoms with Crippen LogP contribution < -0.4 is 5.32 Å². The number of thioether (sulfide) groups is 1. The molecule has 0 radical (unpaired) electrons. The maximum Gasteiger partial charge on any atom is 0.253 e. The quantitative estimate of drug-likeness (QED) is 0.787. The van der Waals surface area contributed by atoms with Crippen molar-refractivity contribution in [3.8, 4) is 0 Å². The van der Waals surface area contributed by atoms with Crippen molar-refractivity contribution in [1.29, 1.82) is 0 Å². The zero-order chi connectivity index (χ0) is 18.1. The maximum atomic E-state index is 13.7. The van der Waals surface area contributed by atoms with Crippen molar-refractivity contribution in [1.82, 2.24) is 25.0 Å². The lowest BCUT2D eigenvalue weighted by atomic mass is 9.95. The number of hydrogen-bond acceptors (Lipinski definition) is 5. The molecule has 0 unspecified atom stereocenters. The number of carbonyl (C=O) groups is 1. The Balaban J connectivity index is 0.00000210. The van der Waals surface area contributed by atoms with Crippen LogP contribution in [0.5, 0.6) is 0 Å². The second-order valence-corrected chi connectivity index (χ2v) is 7.57. The third kappa shape index (κ3) is 3.97. The van der Waals surface area contributed by atoms with Gasteiger partial charge in [-0.3, -0.25) is 4.79 Å². The number of piperidine rings is 1. The molecule has 0 atom stereocenters. The molecule has 2 aromatic rings. The normalized spacial score (nSPS) is 17.3. The number of rotatable bonds is 3. The summed E-state index contributed by atoms with van der Waals surface area (Å²) in [6, 6.07) is 4.60. The Labute approximate surface area is 168 Å². The molecule has 1 aromatic carbocycles. The Morgan fingerprint density at radius 3 is 2.78 bits per heavy atom. The molecule has 1 saturated heterocycles. The van der Waals surface area contributed by atoms with Gasteiger partial charge in [0, 0.05) is 42.6 Å². The summed E-state index contributed by atoms with van der Waals surface area (Å²) in [5, 5.41) is 12.0. The van der Waals surface area contributed by atoms with Crippen LogP contribution in [-0.4, -0.2) is 51.5 Å². The molecule has 0 saturated carbocycles. The molecular weight excluding hydrogens is 389 g/mol. The van der Waals surface area contributed by atoms with Gasteiger partial charge in [-0.1, -0.05) is 0 Å². The first-order valence-electron chi connectivity index (χ1n) is 8.93. The number of amides is 1. The number of nitrogens with zero attached hydrogens (tertiary/aromatic N) is 4. The van der Waals surface area contributed by atoms with E-state index in [0.717, 1.165) is 44.1 Å². The minimum Gasteiger partial charge on any atom is -0.339 e. The standard InChI is InChI=1S/C18H22FN5OS.ClH/c1-26-15-10-13(2-3-14(15)19)18(25)23-7-4-12(5-8-23)17-22-21-16-11-20-6-9-24(16)17;/h2-3,10,12,20H,4-9,11H2,1H3;1H. The van der Waals surface area contributed by atoms with Crippen molar-refractivity contribution in [3.05, 3.63) is 41.2 Å². The fourth-order valence-corrected chi connectivity index (χ4v) is 4.24. The summed E-state index contributed by atoms with van der Waals surface area (Å²) in [6.07, 6.45) is 3.58. The van der Waals surface area contributed by atoms with E-state index < -0.39 is 0 Å². The molecule has 1 aromatic heterocycles. The van der Waals surface area contributed by atoms with Gasteiger partial charge in [0.05, 0.1) is 6.54 Å². The molecule has 0 aliphatic carbocycles. The first-order valence-corrected chi connectivity index (χ1v) is 10.2. The van der Waals surface area contributed by atoms with E-state index in [1.165, 1.54) is 17.8 Å². The fourth-order valence-electron chi connectivity index (χ4n) is 3.73.